The molecule has 0 bridgehead atoms. The summed E-state index contributed by atoms with van der Waals surface area (Å²) in [5.74, 6) is -2.58. The van der Waals surface area contributed by atoms with Gasteiger partial charge in [0.15, 0.2) is 0 Å². The molecule has 0 radical (unpaired) electrons. The Morgan fingerprint density at radius 3 is 2.60 bits per heavy atom. The Morgan fingerprint density at radius 1 is 1.20 bits per heavy atom. The smallest absolute Gasteiger partial charge is 0.341 e. The van der Waals surface area contributed by atoms with E-state index < -0.39 is 58.4 Å². The number of pyridine rings is 1. The van der Waals surface area contributed by atoms with Crippen LogP contribution in [-0.2, 0) is 20.8 Å². The summed E-state index contributed by atoms with van der Waals surface area (Å²) in [5, 5.41) is 13.1. The van der Waals surface area contributed by atoms with E-state index >= 15 is 4.39 Å². The minimum atomic E-state index is -1.38. The van der Waals surface area contributed by atoms with Gasteiger partial charge >= 0.3 is 17.6 Å². The van der Waals surface area contributed by atoms with Gasteiger partial charge in [0.1, 0.15) is 30.3 Å². The summed E-state index contributed by atoms with van der Waals surface area (Å²) in [6.07, 6.45) is 1.11. The lowest BCUT2D eigenvalue weighted by Gasteiger charge is -2.35. The molecule has 45 heavy (non-hydrogen) atoms. The summed E-state index contributed by atoms with van der Waals surface area (Å²) in [4.78, 5) is 69.5. The third-order valence-electron chi connectivity index (χ3n) is 8.05. The van der Waals surface area contributed by atoms with E-state index in [0.717, 1.165) is 6.07 Å². The zero-order chi connectivity index (χ0) is 32.4. The second-order valence-corrected chi connectivity index (χ2v) is 10.8. The standard InChI is InChI=1S/C28H31FN8O8/c1-3-35-12-17(27(41)42)25(39)16-8-18(29)21(10-20(16)35)36-6-4-34(5-7-36)13-24(38)44-14-22-19(32-33-30)9-23(45-22)37-11-15(2)26(40)31-28(37)43/h8,10-12,19,22-23H,3-7,9,13-14H2,1-2H3,(H,41,42)(H,31,40,43). The molecule has 3 aromatic rings. The maximum atomic E-state index is 15.2. The van der Waals surface area contributed by atoms with Crippen LogP contribution in [0.15, 0.2) is 44.0 Å². The highest BCUT2D eigenvalue weighted by molar-refractivity contribution is 5.93. The van der Waals surface area contributed by atoms with Gasteiger partial charge in [0, 0.05) is 67.4 Å². The van der Waals surface area contributed by atoms with Gasteiger partial charge in [-0.3, -0.25) is 28.8 Å². The first-order valence-corrected chi connectivity index (χ1v) is 14.2. The number of ether oxygens (including phenoxy) is 2. The number of carbonyl (C=O) groups is 2. The maximum absolute atomic E-state index is 15.2. The summed E-state index contributed by atoms with van der Waals surface area (Å²) in [6, 6.07) is 1.90. The van der Waals surface area contributed by atoms with Crippen LogP contribution in [-0.4, -0.2) is 87.5 Å². The summed E-state index contributed by atoms with van der Waals surface area (Å²) < 4.78 is 29.3. The first-order valence-electron chi connectivity index (χ1n) is 14.2. The van der Waals surface area contributed by atoms with Crippen LogP contribution in [0.5, 0.6) is 0 Å². The molecule has 2 aliphatic rings. The van der Waals surface area contributed by atoms with Crippen molar-refractivity contribution in [2.24, 2.45) is 5.11 Å². The van der Waals surface area contributed by atoms with Crippen molar-refractivity contribution in [1.29, 1.82) is 0 Å². The molecule has 16 nitrogen and oxygen atoms in total. The van der Waals surface area contributed by atoms with Crippen molar-refractivity contribution in [1.82, 2.24) is 19.0 Å². The van der Waals surface area contributed by atoms with Crippen LogP contribution in [0.3, 0.4) is 0 Å². The molecule has 2 saturated heterocycles. The number of H-pyrrole nitrogens is 1. The first-order chi connectivity index (χ1) is 21.5. The van der Waals surface area contributed by atoms with E-state index in [4.69, 9.17) is 15.0 Å². The summed E-state index contributed by atoms with van der Waals surface area (Å²) in [7, 11) is 0. The third kappa shape index (κ3) is 6.45. The molecular formula is C28H31FN8O8. The minimum absolute atomic E-state index is 0.0134. The third-order valence-corrected chi connectivity index (χ3v) is 8.05. The maximum Gasteiger partial charge on any atom is 0.341 e. The van der Waals surface area contributed by atoms with E-state index in [1.54, 1.807) is 22.5 Å². The topological polar surface area (TPSA) is 205 Å². The Hall–Kier alpha value is -4.99. The molecule has 238 valence electrons. The number of anilines is 1. The van der Waals surface area contributed by atoms with Crippen molar-refractivity contribution in [2.45, 2.75) is 45.2 Å². The molecule has 0 aliphatic carbocycles. The number of carbonyl (C=O) groups excluding carboxylic acids is 1. The number of aromatic amines is 1. The van der Waals surface area contributed by atoms with Gasteiger partial charge in [-0.2, -0.15) is 0 Å². The molecule has 0 amide bonds. The van der Waals surface area contributed by atoms with E-state index in [1.165, 1.54) is 23.9 Å². The highest BCUT2D eigenvalue weighted by atomic mass is 19.1. The van der Waals surface area contributed by atoms with Crippen LogP contribution in [0.2, 0.25) is 0 Å². The van der Waals surface area contributed by atoms with Gasteiger partial charge in [0.2, 0.25) is 5.43 Å². The number of aromatic carboxylic acids is 1. The molecule has 5 rings (SSSR count). The average Bonchev–Trinajstić information content (AvgIpc) is 3.41. The number of fused-ring (bicyclic) bond motifs is 1. The van der Waals surface area contributed by atoms with Crippen LogP contribution in [0.25, 0.3) is 21.3 Å². The van der Waals surface area contributed by atoms with Crippen molar-refractivity contribution >= 4 is 28.5 Å². The fourth-order valence-corrected chi connectivity index (χ4v) is 5.63. The van der Waals surface area contributed by atoms with Crippen LogP contribution >= 0.6 is 0 Å². The number of nitrogens with zero attached hydrogens (tertiary/aromatic N) is 7. The highest BCUT2D eigenvalue weighted by Crippen LogP contribution is 2.30. The molecule has 2 fully saturated rings. The monoisotopic (exact) mass is 626 g/mol. The van der Waals surface area contributed by atoms with Gasteiger partial charge in [0.25, 0.3) is 5.56 Å². The van der Waals surface area contributed by atoms with E-state index in [-0.39, 0.29) is 30.6 Å². The van der Waals surface area contributed by atoms with Crippen molar-refractivity contribution in [3.05, 3.63) is 83.0 Å². The summed E-state index contributed by atoms with van der Waals surface area (Å²) >= 11 is 0. The molecule has 0 saturated carbocycles. The van der Waals surface area contributed by atoms with Gasteiger partial charge in [-0.1, -0.05) is 5.11 Å². The number of aryl methyl sites for hydroxylation is 2. The zero-order valence-electron chi connectivity index (χ0n) is 24.5. The Labute approximate surface area is 253 Å². The van der Waals surface area contributed by atoms with Crippen LogP contribution < -0.4 is 21.6 Å². The molecule has 3 atom stereocenters. The van der Waals surface area contributed by atoms with Crippen LogP contribution in [0, 0.1) is 12.7 Å². The Morgan fingerprint density at radius 2 is 1.93 bits per heavy atom. The molecule has 2 aromatic heterocycles. The molecule has 4 heterocycles. The number of carboxylic acid groups (broad SMARTS) is 1. The quantitative estimate of drug-likeness (QED) is 0.151. The largest absolute Gasteiger partial charge is 0.477 e. The number of carboxylic acids is 1. The van der Waals surface area contributed by atoms with E-state index in [1.807, 2.05) is 4.90 Å². The minimum Gasteiger partial charge on any atom is -0.477 e. The van der Waals surface area contributed by atoms with Crippen molar-refractivity contribution in [3.8, 4) is 0 Å². The van der Waals surface area contributed by atoms with E-state index in [0.29, 0.717) is 43.8 Å². The lowest BCUT2D eigenvalue weighted by molar-refractivity contribution is -0.150. The van der Waals surface area contributed by atoms with Gasteiger partial charge < -0.3 is 24.0 Å². The normalized spacial score (nSPS) is 20.2. The SMILES string of the molecule is CCn1cc(C(=O)O)c(=O)c2cc(F)c(N3CCN(CC(=O)OCC4OC(n5cc(C)c(=O)[nH]c5=O)CC4N=[N+]=[N-])CC3)cc21. The molecule has 17 heteroatoms. The fraction of sp³-hybridized carbons (Fsp3) is 0.464. The Bertz CT molecular complexity index is 1870. The summed E-state index contributed by atoms with van der Waals surface area (Å²) in [5.41, 5.74) is 7.59. The van der Waals surface area contributed by atoms with Crippen LogP contribution in [0.1, 0.15) is 35.5 Å². The molecule has 2 N–H and O–H groups in total. The predicted molar refractivity (Wildman–Crippen MR) is 158 cm³/mol. The zero-order valence-corrected chi connectivity index (χ0v) is 24.5. The number of benzene rings is 1. The number of nitrogens with one attached hydrogen (secondary N) is 1. The first kappa shape index (κ1) is 31.4. The summed E-state index contributed by atoms with van der Waals surface area (Å²) in [6.45, 7) is 4.99. The van der Waals surface area contributed by atoms with Gasteiger partial charge in [-0.25, -0.2) is 14.0 Å². The number of hydrogen-bond donors (Lipinski definition) is 2. The highest BCUT2D eigenvalue weighted by Gasteiger charge is 2.37. The second kappa shape index (κ2) is 12.9. The van der Waals surface area contributed by atoms with E-state index in [9.17, 15) is 29.1 Å². The average molecular weight is 627 g/mol. The lowest BCUT2D eigenvalue weighted by atomic mass is 10.1. The van der Waals surface area contributed by atoms with E-state index in [2.05, 4.69) is 15.0 Å². The number of aromatic nitrogens is 3. The van der Waals surface area contributed by atoms with Gasteiger partial charge in [-0.15, -0.1) is 0 Å². The number of piperazine rings is 1. The number of azide groups is 1. The van der Waals surface area contributed by atoms with Crippen molar-refractivity contribution in [3.63, 3.8) is 0 Å². The molecule has 2 aliphatic heterocycles. The fourth-order valence-electron chi connectivity index (χ4n) is 5.63. The molecule has 1 aromatic carbocycles. The van der Waals surface area contributed by atoms with Crippen molar-refractivity contribution in [2.75, 3.05) is 44.2 Å². The molecular weight excluding hydrogens is 595 g/mol. The van der Waals surface area contributed by atoms with Crippen LogP contribution in [0.4, 0.5) is 10.1 Å². The van der Waals surface area contributed by atoms with Gasteiger partial charge in [-0.05, 0) is 31.5 Å². The number of rotatable bonds is 9. The van der Waals surface area contributed by atoms with Gasteiger partial charge in [0.05, 0.1) is 23.8 Å². The Balaban J connectivity index is 1.19. The number of halogens is 1. The Kier molecular flexibility index (Phi) is 9.04. The van der Waals surface area contributed by atoms with Crippen molar-refractivity contribution < 1.29 is 28.6 Å². The number of esters is 1. The lowest BCUT2D eigenvalue weighted by Crippen LogP contribution is -2.48. The second-order valence-electron chi connectivity index (χ2n) is 10.8. The molecule has 0 spiro atoms. The predicted octanol–water partition coefficient (Wildman–Crippen LogP) is 1.35. The molecule has 3 unspecified atom stereocenters. The number of hydrogen-bond acceptors (Lipinski definition) is 10.